The van der Waals surface area contributed by atoms with Gasteiger partial charge in [0.15, 0.2) is 5.78 Å². The Bertz CT molecular complexity index is 1030. The van der Waals surface area contributed by atoms with Crippen molar-refractivity contribution in [1.29, 1.82) is 5.26 Å². The monoisotopic (exact) mass is 371 g/mol. The highest BCUT2D eigenvalue weighted by Crippen LogP contribution is 2.46. The lowest BCUT2D eigenvalue weighted by Gasteiger charge is -2.39. The molecule has 1 atom stereocenters. The van der Waals surface area contributed by atoms with Crippen LogP contribution in [0.2, 0.25) is 0 Å². The molecular formula is C23H21N3O2. The summed E-state index contributed by atoms with van der Waals surface area (Å²) in [6.07, 6.45) is 2.01. The van der Waals surface area contributed by atoms with Gasteiger partial charge in [-0.15, -0.1) is 0 Å². The molecule has 140 valence electrons. The van der Waals surface area contributed by atoms with Crippen molar-refractivity contribution in [2.75, 3.05) is 12.0 Å². The summed E-state index contributed by atoms with van der Waals surface area (Å²) in [5.41, 5.74) is 10.2. The molecule has 5 nitrogen and oxygen atoms in total. The third kappa shape index (κ3) is 2.84. The molecule has 0 fully saturated rings. The Morgan fingerprint density at radius 1 is 1.14 bits per heavy atom. The Kier molecular flexibility index (Phi) is 4.62. The highest BCUT2D eigenvalue weighted by atomic mass is 16.5. The Labute approximate surface area is 164 Å². The number of Topliss-reactive ketones (excluding diaryl/α,β-unsaturated/α-hetero) is 1. The van der Waals surface area contributed by atoms with E-state index in [1.54, 1.807) is 7.11 Å². The summed E-state index contributed by atoms with van der Waals surface area (Å²) in [6.45, 7) is 0. The van der Waals surface area contributed by atoms with E-state index in [9.17, 15) is 10.1 Å². The lowest BCUT2D eigenvalue weighted by atomic mass is 9.75. The van der Waals surface area contributed by atoms with Crippen molar-refractivity contribution in [3.05, 3.63) is 82.8 Å². The zero-order valence-corrected chi connectivity index (χ0v) is 15.7. The number of methoxy groups -OCH3 is 1. The molecule has 0 aromatic heterocycles. The lowest BCUT2D eigenvalue weighted by Crippen LogP contribution is -2.38. The molecule has 2 N–H and O–H groups in total. The van der Waals surface area contributed by atoms with Crippen LogP contribution in [0.25, 0.3) is 0 Å². The number of nitrogens with two attached hydrogens (primary N) is 1. The number of para-hydroxylation sites is 1. The second-order valence-corrected chi connectivity index (χ2v) is 6.93. The summed E-state index contributed by atoms with van der Waals surface area (Å²) in [6, 6.07) is 19.5. The molecule has 0 amide bonds. The van der Waals surface area contributed by atoms with E-state index in [1.165, 1.54) is 0 Å². The molecule has 1 aliphatic carbocycles. The van der Waals surface area contributed by atoms with Gasteiger partial charge in [-0.2, -0.15) is 5.26 Å². The third-order valence-electron chi connectivity index (χ3n) is 5.35. The molecule has 0 saturated heterocycles. The Morgan fingerprint density at radius 3 is 2.64 bits per heavy atom. The standard InChI is InChI=1S/C23H21N3O2/c1-28-17-10-5-7-15(13-17)21-18(14-24)23(25)26(16-8-3-2-4-9-16)19-11-6-12-20(27)22(19)21/h2-5,7-10,13,21H,6,11-12,25H2,1H3/t21-/m1/s1. The van der Waals surface area contributed by atoms with Crippen molar-refractivity contribution < 1.29 is 9.53 Å². The number of carbonyl (C=O) groups excluding carboxylic acids is 1. The van der Waals surface area contributed by atoms with Gasteiger partial charge in [-0.3, -0.25) is 9.69 Å². The highest BCUT2D eigenvalue weighted by molar-refractivity contribution is 6.01. The Morgan fingerprint density at radius 2 is 1.93 bits per heavy atom. The van der Waals surface area contributed by atoms with Crippen LogP contribution in [0, 0.1) is 11.3 Å². The van der Waals surface area contributed by atoms with Crippen LogP contribution >= 0.6 is 0 Å². The first-order chi connectivity index (χ1) is 13.7. The van der Waals surface area contributed by atoms with Gasteiger partial charge >= 0.3 is 0 Å². The number of ether oxygens (including phenoxy) is 1. The van der Waals surface area contributed by atoms with Crippen LogP contribution in [-0.4, -0.2) is 12.9 Å². The van der Waals surface area contributed by atoms with Crippen LogP contribution in [0.3, 0.4) is 0 Å². The molecule has 0 unspecified atom stereocenters. The van der Waals surface area contributed by atoms with Gasteiger partial charge in [0.1, 0.15) is 11.6 Å². The molecule has 4 rings (SSSR count). The lowest BCUT2D eigenvalue weighted by molar-refractivity contribution is -0.116. The van der Waals surface area contributed by atoms with E-state index in [1.807, 2.05) is 59.5 Å². The molecule has 5 heteroatoms. The highest BCUT2D eigenvalue weighted by Gasteiger charge is 2.40. The molecule has 0 bridgehead atoms. The number of hydrogen-bond acceptors (Lipinski definition) is 5. The van der Waals surface area contributed by atoms with E-state index >= 15 is 0 Å². The summed E-state index contributed by atoms with van der Waals surface area (Å²) in [5.74, 6) is 0.678. The van der Waals surface area contributed by atoms with E-state index < -0.39 is 5.92 Å². The van der Waals surface area contributed by atoms with Gasteiger partial charge in [-0.25, -0.2) is 0 Å². The molecule has 2 aromatic carbocycles. The average Bonchev–Trinajstić information content (AvgIpc) is 2.73. The summed E-state index contributed by atoms with van der Waals surface area (Å²) in [7, 11) is 1.60. The first kappa shape index (κ1) is 17.9. The zero-order chi connectivity index (χ0) is 19.7. The van der Waals surface area contributed by atoms with E-state index in [0.29, 0.717) is 29.1 Å². The quantitative estimate of drug-likeness (QED) is 0.882. The second-order valence-electron chi connectivity index (χ2n) is 6.93. The summed E-state index contributed by atoms with van der Waals surface area (Å²) in [4.78, 5) is 14.9. The SMILES string of the molecule is COc1cccc([C@@H]2C(C#N)=C(N)N(c3ccccc3)C3=C2C(=O)CCC3)c1. The van der Waals surface area contributed by atoms with E-state index in [2.05, 4.69) is 6.07 Å². The normalized spacial score (nSPS) is 19.4. The van der Waals surface area contributed by atoms with Crippen LogP contribution < -0.4 is 15.4 Å². The molecule has 28 heavy (non-hydrogen) atoms. The maximum Gasteiger partial charge on any atom is 0.161 e. The average molecular weight is 371 g/mol. The minimum absolute atomic E-state index is 0.0789. The van der Waals surface area contributed by atoms with Crippen LogP contribution in [0.15, 0.2) is 77.3 Å². The summed E-state index contributed by atoms with van der Waals surface area (Å²) in [5, 5.41) is 9.98. The predicted octanol–water partition coefficient (Wildman–Crippen LogP) is 4.00. The van der Waals surface area contributed by atoms with Crippen LogP contribution in [0.5, 0.6) is 5.75 Å². The number of allylic oxidation sites excluding steroid dienone is 3. The maximum absolute atomic E-state index is 13.0. The van der Waals surface area contributed by atoms with Crippen LogP contribution in [0.1, 0.15) is 30.7 Å². The van der Waals surface area contributed by atoms with Gasteiger partial charge in [-0.05, 0) is 42.7 Å². The molecule has 2 aromatic rings. The van der Waals surface area contributed by atoms with Crippen LogP contribution in [-0.2, 0) is 4.79 Å². The smallest absolute Gasteiger partial charge is 0.161 e. The number of ketones is 1. The largest absolute Gasteiger partial charge is 0.497 e. The molecule has 0 saturated carbocycles. The fourth-order valence-electron chi connectivity index (χ4n) is 4.11. The van der Waals surface area contributed by atoms with Gasteiger partial charge in [0.25, 0.3) is 0 Å². The van der Waals surface area contributed by atoms with Crippen molar-refractivity contribution in [2.24, 2.45) is 5.73 Å². The Balaban J connectivity index is 1.96. The molecule has 2 aliphatic rings. The number of benzene rings is 2. The number of hydrogen-bond donors (Lipinski definition) is 1. The molecule has 0 spiro atoms. The predicted molar refractivity (Wildman–Crippen MR) is 107 cm³/mol. The van der Waals surface area contributed by atoms with E-state index in [0.717, 1.165) is 29.8 Å². The summed E-state index contributed by atoms with van der Waals surface area (Å²) >= 11 is 0. The first-order valence-corrected chi connectivity index (χ1v) is 9.30. The molecule has 0 radical (unpaired) electrons. The number of carbonyl (C=O) groups is 1. The second kappa shape index (κ2) is 7.24. The van der Waals surface area contributed by atoms with Gasteiger partial charge in [-0.1, -0.05) is 30.3 Å². The zero-order valence-electron chi connectivity index (χ0n) is 15.7. The van der Waals surface area contributed by atoms with Gasteiger partial charge in [0.05, 0.1) is 24.7 Å². The van der Waals surface area contributed by atoms with Crippen LogP contribution in [0.4, 0.5) is 5.69 Å². The first-order valence-electron chi connectivity index (χ1n) is 9.30. The van der Waals surface area contributed by atoms with Gasteiger partial charge in [0, 0.05) is 23.4 Å². The minimum atomic E-state index is -0.470. The molecule has 1 aliphatic heterocycles. The van der Waals surface area contributed by atoms with Crippen molar-refractivity contribution in [3.63, 3.8) is 0 Å². The van der Waals surface area contributed by atoms with Crippen molar-refractivity contribution >= 4 is 11.5 Å². The number of rotatable bonds is 3. The fraction of sp³-hybridized carbons (Fsp3) is 0.217. The maximum atomic E-state index is 13.0. The minimum Gasteiger partial charge on any atom is -0.497 e. The number of nitrogens with zero attached hydrogens (tertiary/aromatic N) is 2. The molecule has 1 heterocycles. The van der Waals surface area contributed by atoms with Crippen molar-refractivity contribution in [3.8, 4) is 11.8 Å². The van der Waals surface area contributed by atoms with E-state index in [-0.39, 0.29) is 5.78 Å². The topological polar surface area (TPSA) is 79.3 Å². The van der Waals surface area contributed by atoms with Crippen molar-refractivity contribution in [2.45, 2.75) is 25.2 Å². The number of anilines is 1. The van der Waals surface area contributed by atoms with Gasteiger partial charge in [0.2, 0.25) is 0 Å². The molecular weight excluding hydrogens is 350 g/mol. The van der Waals surface area contributed by atoms with Crippen molar-refractivity contribution in [1.82, 2.24) is 0 Å². The van der Waals surface area contributed by atoms with E-state index in [4.69, 9.17) is 10.5 Å². The fourth-order valence-corrected chi connectivity index (χ4v) is 4.11. The number of nitriles is 1. The Hall–Kier alpha value is -3.52. The summed E-state index contributed by atoms with van der Waals surface area (Å²) < 4.78 is 5.35. The van der Waals surface area contributed by atoms with Gasteiger partial charge < -0.3 is 10.5 Å². The third-order valence-corrected chi connectivity index (χ3v) is 5.35.